The fourth-order valence-corrected chi connectivity index (χ4v) is 4.73. The number of hydrogen-bond donors (Lipinski definition) is 2. The number of piperidine rings is 1. The predicted molar refractivity (Wildman–Crippen MR) is 128 cm³/mol. The highest BCUT2D eigenvalue weighted by atomic mass is 19.1. The van der Waals surface area contributed by atoms with Crippen LogP contribution in [-0.4, -0.2) is 40.6 Å². The first-order valence-corrected chi connectivity index (χ1v) is 11.5. The molecule has 0 radical (unpaired) electrons. The molecular weight excluding hydrogens is 451 g/mol. The van der Waals surface area contributed by atoms with Crippen molar-refractivity contribution in [2.24, 2.45) is 11.5 Å². The van der Waals surface area contributed by atoms with Gasteiger partial charge < -0.3 is 21.3 Å². The molecule has 0 saturated carbocycles. The van der Waals surface area contributed by atoms with E-state index in [1.165, 1.54) is 22.9 Å². The standard InChI is InChI=1S/C25H25FN6O3/c26-20-9-8-18(13-15(20)14-27)32-23-19(22(29-32)24(28)34)10-12-31(25(23)35)17-6-4-16(5-7-17)30-11-2-1-3-21(30)33/h4-9,13H,1-3,10-12,14,27H2,(H2,28,34). The summed E-state index contributed by atoms with van der Waals surface area (Å²) in [7, 11) is 0. The Hall–Kier alpha value is -4.05. The summed E-state index contributed by atoms with van der Waals surface area (Å²) in [6.45, 7) is 0.983. The summed E-state index contributed by atoms with van der Waals surface area (Å²) < 4.78 is 15.4. The molecule has 0 bridgehead atoms. The van der Waals surface area contributed by atoms with Gasteiger partial charge in [-0.05, 0) is 61.7 Å². The SMILES string of the molecule is NCc1cc(-n2nc(C(N)=O)c3c2C(=O)N(c2ccc(N4CCCCC4=O)cc2)CC3)ccc1F. The van der Waals surface area contributed by atoms with Crippen LogP contribution in [0, 0.1) is 5.82 Å². The van der Waals surface area contributed by atoms with E-state index in [4.69, 9.17) is 11.5 Å². The predicted octanol–water partition coefficient (Wildman–Crippen LogP) is 2.29. The molecule has 0 spiro atoms. The van der Waals surface area contributed by atoms with Gasteiger partial charge in [-0.25, -0.2) is 9.07 Å². The molecule has 0 aliphatic carbocycles. The number of nitrogens with two attached hydrogens (primary N) is 2. The zero-order chi connectivity index (χ0) is 24.7. The molecule has 180 valence electrons. The molecule has 2 aromatic carbocycles. The van der Waals surface area contributed by atoms with E-state index in [1.807, 2.05) is 12.1 Å². The average molecular weight is 477 g/mol. The molecule has 1 fully saturated rings. The van der Waals surface area contributed by atoms with E-state index in [9.17, 15) is 18.8 Å². The van der Waals surface area contributed by atoms with Gasteiger partial charge in [0.25, 0.3) is 11.8 Å². The minimum absolute atomic E-state index is 0.0191. The Morgan fingerprint density at radius 1 is 0.943 bits per heavy atom. The van der Waals surface area contributed by atoms with Gasteiger partial charge in [0.1, 0.15) is 11.5 Å². The van der Waals surface area contributed by atoms with Gasteiger partial charge in [-0.3, -0.25) is 14.4 Å². The van der Waals surface area contributed by atoms with Crippen LogP contribution in [0.2, 0.25) is 0 Å². The van der Waals surface area contributed by atoms with Crippen molar-refractivity contribution in [3.63, 3.8) is 0 Å². The van der Waals surface area contributed by atoms with Gasteiger partial charge in [0, 0.05) is 48.6 Å². The highest BCUT2D eigenvalue weighted by Gasteiger charge is 2.34. The van der Waals surface area contributed by atoms with Gasteiger partial charge >= 0.3 is 0 Å². The molecule has 0 atom stereocenters. The number of amides is 3. The first-order valence-electron chi connectivity index (χ1n) is 11.5. The number of primary amides is 1. The number of benzene rings is 2. The smallest absolute Gasteiger partial charge is 0.277 e. The van der Waals surface area contributed by atoms with Crippen LogP contribution in [0.3, 0.4) is 0 Å². The molecular formula is C25H25FN6O3. The Morgan fingerprint density at radius 2 is 1.63 bits per heavy atom. The lowest BCUT2D eigenvalue weighted by Crippen LogP contribution is -2.39. The second kappa shape index (κ2) is 8.95. The van der Waals surface area contributed by atoms with E-state index in [-0.39, 0.29) is 35.3 Å². The largest absolute Gasteiger partial charge is 0.364 e. The van der Waals surface area contributed by atoms with Gasteiger partial charge in [0.05, 0.1) is 5.69 Å². The molecule has 2 aliphatic heterocycles. The lowest BCUT2D eigenvalue weighted by molar-refractivity contribution is -0.119. The van der Waals surface area contributed by atoms with Gasteiger partial charge in [0.15, 0.2) is 5.69 Å². The summed E-state index contributed by atoms with van der Waals surface area (Å²) in [4.78, 5) is 41.3. The fourth-order valence-electron chi connectivity index (χ4n) is 4.73. The summed E-state index contributed by atoms with van der Waals surface area (Å²) in [5.41, 5.74) is 14.0. The van der Waals surface area contributed by atoms with Crippen molar-refractivity contribution in [2.45, 2.75) is 32.2 Å². The molecule has 9 nitrogen and oxygen atoms in total. The third kappa shape index (κ3) is 3.95. The van der Waals surface area contributed by atoms with Gasteiger partial charge in [-0.15, -0.1) is 0 Å². The number of rotatable bonds is 5. The molecule has 10 heteroatoms. The highest BCUT2D eigenvalue weighted by Crippen LogP contribution is 2.31. The minimum Gasteiger partial charge on any atom is -0.364 e. The summed E-state index contributed by atoms with van der Waals surface area (Å²) >= 11 is 0. The Kier molecular flexibility index (Phi) is 5.81. The summed E-state index contributed by atoms with van der Waals surface area (Å²) in [5, 5.41) is 4.32. The van der Waals surface area contributed by atoms with Crippen molar-refractivity contribution in [1.29, 1.82) is 0 Å². The maximum absolute atomic E-state index is 14.0. The van der Waals surface area contributed by atoms with Crippen LogP contribution < -0.4 is 21.3 Å². The fraction of sp³-hybridized carbons (Fsp3) is 0.280. The van der Waals surface area contributed by atoms with Crippen LogP contribution >= 0.6 is 0 Å². The number of nitrogens with zero attached hydrogens (tertiary/aromatic N) is 4. The van der Waals surface area contributed by atoms with Crippen molar-refractivity contribution < 1.29 is 18.8 Å². The lowest BCUT2D eigenvalue weighted by atomic mass is 10.0. The third-order valence-corrected chi connectivity index (χ3v) is 6.54. The number of aromatic nitrogens is 2. The molecule has 3 amide bonds. The van der Waals surface area contributed by atoms with E-state index in [1.54, 1.807) is 21.9 Å². The number of fused-ring (bicyclic) bond motifs is 1. The highest BCUT2D eigenvalue weighted by molar-refractivity contribution is 6.09. The van der Waals surface area contributed by atoms with Crippen LogP contribution in [0.1, 0.15) is 51.4 Å². The Labute approximate surface area is 201 Å². The van der Waals surface area contributed by atoms with Gasteiger partial charge in [-0.2, -0.15) is 5.10 Å². The van der Waals surface area contributed by atoms with Crippen LogP contribution in [0.5, 0.6) is 0 Å². The Morgan fingerprint density at radius 3 is 2.29 bits per heavy atom. The number of hydrogen-bond acceptors (Lipinski definition) is 5. The number of carbonyl (C=O) groups excluding carboxylic acids is 3. The molecule has 1 aromatic heterocycles. The molecule has 2 aliphatic rings. The molecule has 3 aromatic rings. The summed E-state index contributed by atoms with van der Waals surface area (Å²) in [6.07, 6.45) is 2.77. The van der Waals surface area contributed by atoms with Crippen molar-refractivity contribution in [2.75, 3.05) is 22.9 Å². The van der Waals surface area contributed by atoms with Crippen LogP contribution in [-0.2, 0) is 17.8 Å². The van der Waals surface area contributed by atoms with Crippen molar-refractivity contribution >= 4 is 29.1 Å². The van der Waals surface area contributed by atoms with Crippen LogP contribution in [0.15, 0.2) is 42.5 Å². The van der Waals surface area contributed by atoms with E-state index in [0.29, 0.717) is 42.9 Å². The minimum atomic E-state index is -0.738. The quantitative estimate of drug-likeness (QED) is 0.584. The number of carbonyl (C=O) groups is 3. The Balaban J connectivity index is 1.52. The topological polar surface area (TPSA) is 128 Å². The second-order valence-electron chi connectivity index (χ2n) is 8.66. The number of anilines is 2. The van der Waals surface area contributed by atoms with Crippen molar-refractivity contribution in [3.8, 4) is 5.69 Å². The summed E-state index contributed by atoms with van der Waals surface area (Å²) in [6, 6.07) is 11.5. The van der Waals surface area contributed by atoms with Crippen LogP contribution in [0.25, 0.3) is 5.69 Å². The van der Waals surface area contributed by atoms with Gasteiger partial charge in [0.2, 0.25) is 5.91 Å². The Bertz CT molecular complexity index is 1330. The average Bonchev–Trinajstić information content (AvgIpc) is 3.26. The van der Waals surface area contributed by atoms with E-state index < -0.39 is 11.7 Å². The van der Waals surface area contributed by atoms with E-state index in [0.717, 1.165) is 18.5 Å². The lowest BCUT2D eigenvalue weighted by Gasteiger charge is -2.29. The third-order valence-electron chi connectivity index (χ3n) is 6.54. The molecule has 1 saturated heterocycles. The molecule has 5 rings (SSSR count). The normalized spacial score (nSPS) is 15.9. The molecule has 0 unspecified atom stereocenters. The zero-order valence-corrected chi connectivity index (χ0v) is 19.0. The van der Waals surface area contributed by atoms with Crippen molar-refractivity contribution in [1.82, 2.24) is 9.78 Å². The zero-order valence-electron chi connectivity index (χ0n) is 19.0. The molecule has 3 heterocycles. The maximum atomic E-state index is 14.0. The second-order valence-corrected chi connectivity index (χ2v) is 8.66. The molecule has 4 N–H and O–H groups in total. The van der Waals surface area contributed by atoms with Crippen LogP contribution in [0.4, 0.5) is 15.8 Å². The first-order chi connectivity index (χ1) is 16.9. The first kappa shape index (κ1) is 22.7. The van der Waals surface area contributed by atoms with E-state index in [2.05, 4.69) is 5.10 Å². The monoisotopic (exact) mass is 476 g/mol. The van der Waals surface area contributed by atoms with Crippen molar-refractivity contribution in [3.05, 3.63) is 70.8 Å². The van der Waals surface area contributed by atoms with Gasteiger partial charge in [-0.1, -0.05) is 0 Å². The number of halogens is 1. The maximum Gasteiger partial charge on any atom is 0.277 e. The molecule has 35 heavy (non-hydrogen) atoms. The summed E-state index contributed by atoms with van der Waals surface area (Å²) in [5.74, 6) is -1.46. The van der Waals surface area contributed by atoms with E-state index >= 15 is 0 Å².